The molecule has 3 saturated heterocycles. The van der Waals surface area contributed by atoms with Crippen LogP contribution in [0.15, 0.2) is 60.7 Å². The summed E-state index contributed by atoms with van der Waals surface area (Å²) in [7, 11) is 0. The van der Waals surface area contributed by atoms with E-state index in [2.05, 4.69) is 26.6 Å². The van der Waals surface area contributed by atoms with Gasteiger partial charge in [0.2, 0.25) is 17.7 Å². The summed E-state index contributed by atoms with van der Waals surface area (Å²) >= 11 is 3.65. The minimum Gasteiger partial charge on any atom is -0.394 e. The number of halogens is 1. The number of rotatable bonds is 7. The van der Waals surface area contributed by atoms with Crippen molar-refractivity contribution < 1.29 is 24.2 Å². The van der Waals surface area contributed by atoms with Gasteiger partial charge in [-0.1, -0.05) is 64.5 Å². The molecule has 3 fully saturated rings. The van der Waals surface area contributed by atoms with E-state index in [1.165, 1.54) is 4.90 Å². The number of nitrogens with zero attached hydrogens (tertiary/aromatic N) is 1. The van der Waals surface area contributed by atoms with Crippen molar-refractivity contribution in [1.82, 2.24) is 10.2 Å². The largest absolute Gasteiger partial charge is 0.394 e. The van der Waals surface area contributed by atoms with Gasteiger partial charge in [0.15, 0.2) is 0 Å². The maximum Gasteiger partial charge on any atom is 0.246 e. The summed E-state index contributed by atoms with van der Waals surface area (Å²) in [6.45, 7) is 1.69. The number of para-hydroxylation sites is 1. The molecule has 7 atom stereocenters. The lowest BCUT2D eigenvalue weighted by Gasteiger charge is -2.35. The van der Waals surface area contributed by atoms with Crippen molar-refractivity contribution >= 4 is 39.3 Å². The number of alkyl halides is 1. The van der Waals surface area contributed by atoms with Gasteiger partial charge in [-0.2, -0.15) is 0 Å². The van der Waals surface area contributed by atoms with Gasteiger partial charge < -0.3 is 25.4 Å². The van der Waals surface area contributed by atoms with Gasteiger partial charge in [-0.05, 0) is 31.0 Å². The number of hydrogen-bond donors (Lipinski definition) is 3. The first-order valence-electron chi connectivity index (χ1n) is 11.8. The Bertz CT molecular complexity index is 1120. The molecule has 35 heavy (non-hydrogen) atoms. The summed E-state index contributed by atoms with van der Waals surface area (Å²) in [5, 5.41) is 15.8. The molecule has 3 aliphatic heterocycles. The fourth-order valence-corrected chi connectivity index (χ4v) is 6.80. The molecule has 3 amide bonds. The molecule has 3 unspecified atom stereocenters. The topological polar surface area (TPSA) is 108 Å². The van der Waals surface area contributed by atoms with E-state index in [1.807, 2.05) is 48.5 Å². The molecule has 8 nitrogen and oxygen atoms in total. The Morgan fingerprint density at radius 2 is 1.80 bits per heavy atom. The van der Waals surface area contributed by atoms with Gasteiger partial charge in [0, 0.05) is 17.1 Å². The summed E-state index contributed by atoms with van der Waals surface area (Å²) in [5.41, 5.74) is 0.401. The average molecular weight is 542 g/mol. The molecule has 0 radical (unpaired) electrons. The standard InChI is InChI=1S/C26H28BrN3O5/c1-15(14-31)30-22(24(33)28-13-16-8-4-2-5-9-16)26-12-18(27)21(35-26)19(20(26)25(30)34)23(32)29-17-10-6-3-7-11-17/h2-11,15,18-22,31H,12-14H2,1H3,(H,28,33)(H,29,32)/t15-,18?,19-,20+,21-,22?,26?/m1/s1. The maximum absolute atomic E-state index is 13.8. The Morgan fingerprint density at radius 3 is 2.46 bits per heavy atom. The Kier molecular flexibility index (Phi) is 6.41. The monoisotopic (exact) mass is 541 g/mol. The van der Waals surface area contributed by atoms with Gasteiger partial charge in [-0.3, -0.25) is 14.4 Å². The fourth-order valence-electron chi connectivity index (χ4n) is 5.86. The average Bonchev–Trinajstić information content (AvgIpc) is 3.46. The molecule has 2 aromatic rings. The van der Waals surface area contributed by atoms with E-state index >= 15 is 0 Å². The highest BCUT2D eigenvalue weighted by Gasteiger charge is 2.76. The molecular weight excluding hydrogens is 514 g/mol. The third-order valence-corrected chi connectivity index (χ3v) is 8.21. The zero-order valence-electron chi connectivity index (χ0n) is 19.3. The molecular formula is C26H28BrN3O5. The van der Waals surface area contributed by atoms with Crippen LogP contribution in [0.5, 0.6) is 0 Å². The number of ether oxygens (including phenoxy) is 1. The highest BCUT2D eigenvalue weighted by molar-refractivity contribution is 9.09. The number of fused-ring (bicyclic) bond motifs is 1. The first kappa shape index (κ1) is 24.0. The summed E-state index contributed by atoms with van der Waals surface area (Å²) < 4.78 is 6.44. The molecule has 1 spiro atoms. The molecule has 3 N–H and O–H groups in total. The van der Waals surface area contributed by atoms with E-state index in [0.29, 0.717) is 18.7 Å². The Labute approximate surface area is 212 Å². The van der Waals surface area contributed by atoms with Gasteiger partial charge in [-0.15, -0.1) is 0 Å². The van der Waals surface area contributed by atoms with Crippen LogP contribution >= 0.6 is 15.9 Å². The van der Waals surface area contributed by atoms with E-state index in [-0.39, 0.29) is 29.2 Å². The van der Waals surface area contributed by atoms with E-state index in [4.69, 9.17) is 4.74 Å². The van der Waals surface area contributed by atoms with Crippen LogP contribution in [0.3, 0.4) is 0 Å². The number of anilines is 1. The van der Waals surface area contributed by atoms with Crippen LogP contribution in [-0.4, -0.2) is 63.0 Å². The first-order chi connectivity index (χ1) is 16.9. The third kappa shape index (κ3) is 3.95. The van der Waals surface area contributed by atoms with Crippen molar-refractivity contribution in [2.45, 2.75) is 48.5 Å². The van der Waals surface area contributed by atoms with Crippen molar-refractivity contribution in [3.63, 3.8) is 0 Å². The lowest BCUT2D eigenvalue weighted by Crippen LogP contribution is -2.57. The summed E-state index contributed by atoms with van der Waals surface area (Å²) in [5.74, 6) is -2.57. The number of benzene rings is 2. The number of amides is 3. The van der Waals surface area contributed by atoms with Crippen molar-refractivity contribution in [2.24, 2.45) is 11.8 Å². The highest BCUT2D eigenvalue weighted by atomic mass is 79.9. The van der Waals surface area contributed by atoms with Crippen molar-refractivity contribution in [3.8, 4) is 0 Å². The normalized spacial score (nSPS) is 31.8. The van der Waals surface area contributed by atoms with Gasteiger partial charge in [0.05, 0.1) is 30.6 Å². The molecule has 0 aliphatic carbocycles. The van der Waals surface area contributed by atoms with Crippen molar-refractivity contribution in [3.05, 3.63) is 66.2 Å². The van der Waals surface area contributed by atoms with Crippen LogP contribution in [0.2, 0.25) is 0 Å². The lowest BCUT2D eigenvalue weighted by atomic mass is 9.70. The van der Waals surface area contributed by atoms with Gasteiger partial charge in [0.1, 0.15) is 11.6 Å². The van der Waals surface area contributed by atoms with Crippen LogP contribution in [0.1, 0.15) is 18.9 Å². The van der Waals surface area contributed by atoms with Crippen molar-refractivity contribution in [1.29, 1.82) is 0 Å². The van der Waals surface area contributed by atoms with Gasteiger partial charge >= 0.3 is 0 Å². The number of likely N-dealkylation sites (tertiary alicyclic amines) is 1. The second-order valence-corrected chi connectivity index (χ2v) is 10.7. The zero-order valence-corrected chi connectivity index (χ0v) is 20.9. The second-order valence-electron chi connectivity index (χ2n) is 9.50. The van der Waals surface area contributed by atoms with Crippen LogP contribution in [-0.2, 0) is 25.7 Å². The molecule has 3 heterocycles. The number of aliphatic hydroxyl groups is 1. The lowest BCUT2D eigenvalue weighted by molar-refractivity contribution is -0.144. The van der Waals surface area contributed by atoms with E-state index in [0.717, 1.165) is 5.56 Å². The minimum absolute atomic E-state index is 0.188. The van der Waals surface area contributed by atoms with E-state index in [1.54, 1.807) is 19.1 Å². The molecule has 2 aromatic carbocycles. The second kappa shape index (κ2) is 9.37. The Hall–Kier alpha value is -2.75. The first-order valence-corrected chi connectivity index (χ1v) is 12.7. The van der Waals surface area contributed by atoms with Crippen LogP contribution < -0.4 is 10.6 Å². The fraction of sp³-hybridized carbons (Fsp3) is 0.423. The van der Waals surface area contributed by atoms with Gasteiger partial charge in [-0.25, -0.2) is 0 Å². The number of hydrogen-bond acceptors (Lipinski definition) is 5. The molecule has 0 saturated carbocycles. The van der Waals surface area contributed by atoms with Crippen LogP contribution in [0.4, 0.5) is 5.69 Å². The molecule has 3 aliphatic rings. The molecule has 2 bridgehead atoms. The number of nitrogens with one attached hydrogen (secondary N) is 2. The summed E-state index contributed by atoms with van der Waals surface area (Å²) in [4.78, 5) is 42.1. The van der Waals surface area contributed by atoms with Crippen molar-refractivity contribution in [2.75, 3.05) is 11.9 Å². The Balaban J connectivity index is 1.47. The molecule has 9 heteroatoms. The van der Waals surface area contributed by atoms with Gasteiger partial charge in [0.25, 0.3) is 0 Å². The highest BCUT2D eigenvalue weighted by Crippen LogP contribution is 2.60. The Morgan fingerprint density at radius 1 is 1.14 bits per heavy atom. The predicted molar refractivity (Wildman–Crippen MR) is 132 cm³/mol. The van der Waals surface area contributed by atoms with Crippen LogP contribution in [0.25, 0.3) is 0 Å². The van der Waals surface area contributed by atoms with Crippen LogP contribution in [0, 0.1) is 11.8 Å². The summed E-state index contributed by atoms with van der Waals surface area (Å²) in [6.07, 6.45) is -0.120. The summed E-state index contributed by atoms with van der Waals surface area (Å²) in [6, 6.07) is 17.0. The minimum atomic E-state index is -1.15. The SMILES string of the molecule is C[C@H](CO)N1C(=O)[C@@H]2[C@@H](C(=O)Nc3ccccc3)[C@@H]3OC2(CC3Br)C1C(=O)NCc1ccccc1. The third-order valence-electron chi connectivity index (χ3n) is 7.37. The maximum atomic E-state index is 13.8. The molecule has 5 rings (SSSR count). The smallest absolute Gasteiger partial charge is 0.246 e. The van der Waals surface area contributed by atoms with E-state index < -0.39 is 35.6 Å². The van der Waals surface area contributed by atoms with E-state index in [9.17, 15) is 19.5 Å². The zero-order chi connectivity index (χ0) is 24.7. The number of aliphatic hydroxyl groups excluding tert-OH is 1. The quantitative estimate of drug-likeness (QED) is 0.465. The number of carbonyl (C=O) groups excluding carboxylic acids is 3. The predicted octanol–water partition coefficient (Wildman–Crippen LogP) is 2.07. The molecule has 184 valence electrons. The number of carbonyl (C=O) groups is 3. The molecule has 0 aromatic heterocycles.